The molecule has 1 aliphatic heterocycles. The second-order valence-electron chi connectivity index (χ2n) is 7.49. The van der Waals surface area contributed by atoms with Crippen molar-refractivity contribution in [1.82, 2.24) is 4.90 Å². The first kappa shape index (κ1) is 25.0. The van der Waals surface area contributed by atoms with Gasteiger partial charge in [-0.3, -0.25) is 14.5 Å². The molecule has 0 N–H and O–H groups in total. The highest BCUT2D eigenvalue weighted by molar-refractivity contribution is 14.1. The Morgan fingerprint density at radius 3 is 2.30 bits per heavy atom. The number of imide groups is 1. The molecule has 0 atom stereocenters. The fourth-order valence-corrected chi connectivity index (χ4v) is 6.64. The standard InChI is InChI=1S/C25H18I3NO3S/c1-15-3-2-4-17(9-15)14-32-23-20(27)10-18(11-21(23)28)12-22-24(30)29(25(31)33-22)13-16-5-7-19(26)8-6-16/h2-12H,13-14H2,1H3/b22-12-. The van der Waals surface area contributed by atoms with Crippen molar-refractivity contribution >= 4 is 96.8 Å². The van der Waals surface area contributed by atoms with E-state index < -0.39 is 0 Å². The number of aryl methyl sites for hydroxylation is 1. The van der Waals surface area contributed by atoms with Crippen LogP contribution in [-0.2, 0) is 17.9 Å². The van der Waals surface area contributed by atoms with E-state index in [9.17, 15) is 9.59 Å². The Hall–Kier alpha value is -1.12. The monoisotopic (exact) mass is 793 g/mol. The third-order valence-electron chi connectivity index (χ3n) is 4.91. The van der Waals surface area contributed by atoms with E-state index in [0.717, 1.165) is 44.9 Å². The number of halogens is 3. The quantitative estimate of drug-likeness (QED) is 0.191. The first-order valence-electron chi connectivity index (χ1n) is 9.97. The number of nitrogens with zero attached hydrogens (tertiary/aromatic N) is 1. The number of hydrogen-bond acceptors (Lipinski definition) is 4. The molecule has 168 valence electrons. The van der Waals surface area contributed by atoms with E-state index in [2.05, 4.69) is 86.8 Å². The van der Waals surface area contributed by atoms with E-state index in [1.54, 1.807) is 6.08 Å². The Labute approximate surface area is 238 Å². The first-order valence-corrected chi connectivity index (χ1v) is 14.0. The molecule has 0 saturated carbocycles. The molecule has 4 nitrogen and oxygen atoms in total. The fraction of sp³-hybridized carbons (Fsp3) is 0.120. The summed E-state index contributed by atoms with van der Waals surface area (Å²) >= 11 is 7.72. The highest BCUT2D eigenvalue weighted by atomic mass is 127. The maximum absolute atomic E-state index is 12.9. The maximum Gasteiger partial charge on any atom is 0.293 e. The molecule has 3 aromatic rings. The Balaban J connectivity index is 1.49. The predicted octanol–water partition coefficient (Wildman–Crippen LogP) is 7.62. The third-order valence-corrected chi connectivity index (χ3v) is 8.14. The van der Waals surface area contributed by atoms with Gasteiger partial charge in [-0.2, -0.15) is 0 Å². The summed E-state index contributed by atoms with van der Waals surface area (Å²) < 4.78 is 9.12. The maximum atomic E-state index is 12.9. The number of hydrogen-bond donors (Lipinski definition) is 0. The third kappa shape index (κ3) is 6.31. The van der Waals surface area contributed by atoms with E-state index in [-0.39, 0.29) is 17.7 Å². The zero-order valence-corrected chi connectivity index (χ0v) is 24.8. The van der Waals surface area contributed by atoms with Gasteiger partial charge < -0.3 is 4.74 Å². The number of ether oxygens (including phenoxy) is 1. The van der Waals surface area contributed by atoms with Crippen molar-refractivity contribution in [2.45, 2.75) is 20.1 Å². The number of rotatable bonds is 6. The smallest absolute Gasteiger partial charge is 0.293 e. The molecule has 0 spiro atoms. The normalized spacial score (nSPS) is 14.9. The average Bonchev–Trinajstić information content (AvgIpc) is 3.02. The Morgan fingerprint density at radius 1 is 0.939 bits per heavy atom. The van der Waals surface area contributed by atoms with Gasteiger partial charge in [-0.25, -0.2) is 0 Å². The van der Waals surface area contributed by atoms with Crippen LogP contribution in [0.2, 0.25) is 0 Å². The molecule has 0 aliphatic carbocycles. The lowest BCUT2D eigenvalue weighted by Crippen LogP contribution is -2.27. The topological polar surface area (TPSA) is 46.6 Å². The lowest BCUT2D eigenvalue weighted by molar-refractivity contribution is -0.123. The molecule has 2 amide bonds. The van der Waals surface area contributed by atoms with E-state index in [4.69, 9.17) is 4.74 Å². The van der Waals surface area contributed by atoms with Crippen LogP contribution in [0.3, 0.4) is 0 Å². The van der Waals surface area contributed by atoms with Gasteiger partial charge in [0, 0.05) is 3.57 Å². The Morgan fingerprint density at radius 2 is 1.64 bits per heavy atom. The highest BCUT2D eigenvalue weighted by Gasteiger charge is 2.35. The summed E-state index contributed by atoms with van der Waals surface area (Å²) in [5.41, 5.74) is 4.11. The van der Waals surface area contributed by atoms with Gasteiger partial charge in [0.25, 0.3) is 11.1 Å². The van der Waals surface area contributed by atoms with E-state index in [1.807, 2.05) is 48.5 Å². The minimum absolute atomic E-state index is 0.243. The number of benzene rings is 3. The van der Waals surface area contributed by atoms with Crippen LogP contribution in [0.1, 0.15) is 22.3 Å². The fourth-order valence-electron chi connectivity index (χ4n) is 3.32. The van der Waals surface area contributed by atoms with Gasteiger partial charge in [0.1, 0.15) is 12.4 Å². The van der Waals surface area contributed by atoms with Crippen LogP contribution in [0.25, 0.3) is 6.08 Å². The van der Waals surface area contributed by atoms with Gasteiger partial charge in [-0.05, 0) is 133 Å². The zero-order chi connectivity index (χ0) is 23.5. The second kappa shape index (κ2) is 11.1. The molecule has 1 aliphatic rings. The lowest BCUT2D eigenvalue weighted by Gasteiger charge is -2.13. The molecule has 3 aromatic carbocycles. The van der Waals surface area contributed by atoms with Crippen molar-refractivity contribution in [2.24, 2.45) is 0 Å². The van der Waals surface area contributed by atoms with E-state index in [1.165, 1.54) is 10.5 Å². The molecule has 0 radical (unpaired) electrons. The van der Waals surface area contributed by atoms with E-state index >= 15 is 0 Å². The summed E-state index contributed by atoms with van der Waals surface area (Å²) in [5, 5.41) is -0.243. The molecule has 4 rings (SSSR count). The molecule has 0 aromatic heterocycles. The summed E-state index contributed by atoms with van der Waals surface area (Å²) in [6.45, 7) is 2.83. The van der Waals surface area contributed by atoms with Crippen molar-refractivity contribution in [1.29, 1.82) is 0 Å². The van der Waals surface area contributed by atoms with Crippen molar-refractivity contribution in [3.05, 3.63) is 98.5 Å². The summed E-state index contributed by atoms with van der Waals surface area (Å²) in [6, 6.07) is 20.0. The van der Waals surface area contributed by atoms with Gasteiger partial charge >= 0.3 is 0 Å². The zero-order valence-electron chi connectivity index (χ0n) is 17.5. The minimum atomic E-state index is -0.256. The molecule has 8 heteroatoms. The number of thioether (sulfide) groups is 1. The van der Waals surface area contributed by atoms with Crippen LogP contribution in [0.15, 0.2) is 65.6 Å². The predicted molar refractivity (Wildman–Crippen MR) is 158 cm³/mol. The highest BCUT2D eigenvalue weighted by Crippen LogP contribution is 2.35. The average molecular weight is 793 g/mol. The minimum Gasteiger partial charge on any atom is -0.487 e. The summed E-state index contributed by atoms with van der Waals surface area (Å²) in [6.07, 6.45) is 1.79. The summed E-state index contributed by atoms with van der Waals surface area (Å²) in [4.78, 5) is 27.1. The van der Waals surface area contributed by atoms with E-state index in [0.29, 0.717) is 11.5 Å². The SMILES string of the molecule is Cc1cccc(COc2c(I)cc(/C=C3\SC(=O)N(Cc4ccc(I)cc4)C3=O)cc2I)c1. The molecular weight excluding hydrogens is 775 g/mol. The molecule has 33 heavy (non-hydrogen) atoms. The van der Waals surface area contributed by atoms with Crippen LogP contribution in [0, 0.1) is 17.6 Å². The number of carbonyl (C=O) groups is 2. The molecule has 1 fully saturated rings. The van der Waals surface area contributed by atoms with Gasteiger partial charge in [-0.1, -0.05) is 42.0 Å². The van der Waals surface area contributed by atoms with Crippen LogP contribution in [0.5, 0.6) is 5.75 Å². The Kier molecular flexibility index (Phi) is 8.39. The van der Waals surface area contributed by atoms with Gasteiger partial charge in [0.15, 0.2) is 0 Å². The summed E-state index contributed by atoms with van der Waals surface area (Å²) in [5.74, 6) is 0.565. The van der Waals surface area contributed by atoms with Crippen LogP contribution < -0.4 is 4.74 Å². The van der Waals surface area contributed by atoms with Crippen LogP contribution in [-0.4, -0.2) is 16.0 Å². The second-order valence-corrected chi connectivity index (χ2v) is 12.0. The van der Waals surface area contributed by atoms with Crippen molar-refractivity contribution in [3.8, 4) is 5.75 Å². The van der Waals surface area contributed by atoms with Crippen molar-refractivity contribution in [2.75, 3.05) is 0 Å². The van der Waals surface area contributed by atoms with Gasteiger partial charge in [-0.15, -0.1) is 0 Å². The van der Waals surface area contributed by atoms with Gasteiger partial charge in [0.05, 0.1) is 18.6 Å². The largest absolute Gasteiger partial charge is 0.487 e. The molecule has 1 heterocycles. The lowest BCUT2D eigenvalue weighted by atomic mass is 10.1. The summed E-state index contributed by atoms with van der Waals surface area (Å²) in [7, 11) is 0. The Bertz CT molecular complexity index is 1240. The van der Waals surface area contributed by atoms with Crippen molar-refractivity contribution in [3.63, 3.8) is 0 Å². The van der Waals surface area contributed by atoms with Crippen LogP contribution in [0.4, 0.5) is 4.79 Å². The molecule has 1 saturated heterocycles. The number of carbonyl (C=O) groups excluding carboxylic acids is 2. The molecular formula is C25H18I3NO3S. The molecule has 0 unspecified atom stereocenters. The first-order chi connectivity index (χ1) is 15.8. The molecule has 0 bridgehead atoms. The number of amides is 2. The van der Waals surface area contributed by atoms with Gasteiger partial charge in [0.2, 0.25) is 0 Å². The van der Waals surface area contributed by atoms with Crippen LogP contribution >= 0.6 is 79.5 Å². The van der Waals surface area contributed by atoms with Crippen molar-refractivity contribution < 1.29 is 14.3 Å².